The van der Waals surface area contributed by atoms with Gasteiger partial charge in [0, 0.05) is 14.7 Å². The number of ketones is 1. The molecule has 0 aromatic heterocycles. The van der Waals surface area contributed by atoms with Crippen molar-refractivity contribution >= 4 is 28.4 Å². The quantitative estimate of drug-likeness (QED) is 0.619. The van der Waals surface area contributed by atoms with Crippen molar-refractivity contribution in [1.82, 2.24) is 0 Å². The highest BCUT2D eigenvalue weighted by atomic mass is 127. The first-order valence-electron chi connectivity index (χ1n) is 4.00. The zero-order chi connectivity index (χ0) is 11.6. The number of carbonyl (C=O) groups excluding carboxylic acids is 1. The molecule has 0 fully saturated rings. The van der Waals surface area contributed by atoms with Crippen molar-refractivity contribution in [3.05, 3.63) is 32.4 Å². The second kappa shape index (κ2) is 4.66. The number of halogens is 3. The van der Waals surface area contributed by atoms with Gasteiger partial charge in [0.25, 0.3) is 6.43 Å². The normalized spacial score (nSPS) is 10.1. The van der Waals surface area contributed by atoms with Gasteiger partial charge in [-0.25, -0.2) is 8.78 Å². The lowest BCUT2D eigenvalue weighted by Crippen LogP contribution is -2.01. The first-order valence-corrected chi connectivity index (χ1v) is 5.08. The lowest BCUT2D eigenvalue weighted by atomic mass is 10.0. The third kappa shape index (κ3) is 2.50. The van der Waals surface area contributed by atoms with E-state index >= 15 is 0 Å². The van der Waals surface area contributed by atoms with Crippen molar-refractivity contribution in [2.24, 2.45) is 0 Å². The standard InChI is InChI=1S/C10H6F2INO/c1-5(15)7-3-8(10(11)12)6(4-14)2-9(7)13/h2-3,10H,1H3. The first kappa shape index (κ1) is 12.0. The molecule has 0 N–H and O–H groups in total. The monoisotopic (exact) mass is 321 g/mol. The minimum atomic E-state index is -2.74. The van der Waals surface area contributed by atoms with Crippen LogP contribution in [-0.4, -0.2) is 5.78 Å². The van der Waals surface area contributed by atoms with E-state index in [0.29, 0.717) is 3.57 Å². The second-order valence-corrected chi connectivity index (χ2v) is 4.05. The molecule has 0 atom stereocenters. The molecule has 0 bridgehead atoms. The number of rotatable bonds is 2. The molecule has 15 heavy (non-hydrogen) atoms. The molecule has 0 amide bonds. The van der Waals surface area contributed by atoms with Crippen LogP contribution in [0.3, 0.4) is 0 Å². The molecular weight excluding hydrogens is 315 g/mol. The van der Waals surface area contributed by atoms with Gasteiger partial charge in [-0.15, -0.1) is 0 Å². The number of Topliss-reactive ketones (excluding diaryl/α,β-unsaturated/α-hetero) is 1. The van der Waals surface area contributed by atoms with E-state index in [2.05, 4.69) is 0 Å². The Balaban J connectivity index is 3.45. The van der Waals surface area contributed by atoms with E-state index in [-0.39, 0.29) is 22.5 Å². The number of nitrogens with zero attached hydrogens (tertiary/aromatic N) is 1. The summed E-state index contributed by atoms with van der Waals surface area (Å²) in [5.41, 5.74) is -0.243. The van der Waals surface area contributed by atoms with Crippen LogP contribution in [0.4, 0.5) is 8.78 Å². The maximum atomic E-state index is 12.5. The van der Waals surface area contributed by atoms with Crippen molar-refractivity contribution in [3.8, 4) is 6.07 Å². The van der Waals surface area contributed by atoms with Gasteiger partial charge in [-0.3, -0.25) is 4.79 Å². The summed E-state index contributed by atoms with van der Waals surface area (Å²) in [4.78, 5) is 11.1. The molecule has 2 nitrogen and oxygen atoms in total. The van der Waals surface area contributed by atoms with Gasteiger partial charge in [-0.05, 0) is 41.6 Å². The third-order valence-electron chi connectivity index (χ3n) is 1.87. The van der Waals surface area contributed by atoms with Gasteiger partial charge in [0.15, 0.2) is 5.78 Å². The topological polar surface area (TPSA) is 40.9 Å². The van der Waals surface area contributed by atoms with Crippen LogP contribution in [0, 0.1) is 14.9 Å². The van der Waals surface area contributed by atoms with E-state index in [9.17, 15) is 13.6 Å². The second-order valence-electron chi connectivity index (χ2n) is 2.89. The van der Waals surface area contributed by atoms with Gasteiger partial charge in [-0.1, -0.05) is 0 Å². The van der Waals surface area contributed by atoms with Crippen LogP contribution in [0.5, 0.6) is 0 Å². The Bertz CT molecular complexity index is 451. The Hall–Kier alpha value is -1.03. The van der Waals surface area contributed by atoms with E-state index < -0.39 is 6.43 Å². The Morgan fingerprint density at radius 1 is 1.53 bits per heavy atom. The molecule has 0 spiro atoms. The average molecular weight is 321 g/mol. The number of alkyl halides is 2. The molecule has 0 saturated heterocycles. The summed E-state index contributed by atoms with van der Waals surface area (Å²) < 4.78 is 25.6. The Labute approximate surface area is 99.0 Å². The zero-order valence-electron chi connectivity index (χ0n) is 7.72. The van der Waals surface area contributed by atoms with E-state index in [1.54, 1.807) is 6.07 Å². The van der Waals surface area contributed by atoms with Gasteiger partial charge in [-0.2, -0.15) is 5.26 Å². The molecule has 5 heteroatoms. The molecule has 0 radical (unpaired) electrons. The Morgan fingerprint density at radius 3 is 2.53 bits per heavy atom. The highest BCUT2D eigenvalue weighted by Crippen LogP contribution is 2.27. The van der Waals surface area contributed by atoms with Gasteiger partial charge in [0.2, 0.25) is 0 Å². The van der Waals surface area contributed by atoms with Crippen LogP contribution >= 0.6 is 22.6 Å². The summed E-state index contributed by atoms with van der Waals surface area (Å²) >= 11 is 1.85. The fourth-order valence-corrected chi connectivity index (χ4v) is 1.98. The molecule has 0 aliphatic heterocycles. The molecular formula is C10H6F2INO. The average Bonchev–Trinajstić information content (AvgIpc) is 2.16. The van der Waals surface area contributed by atoms with Crippen LogP contribution in [0.1, 0.15) is 34.8 Å². The van der Waals surface area contributed by atoms with E-state index in [1.807, 2.05) is 22.6 Å². The maximum absolute atomic E-state index is 12.5. The molecule has 1 rings (SSSR count). The number of carbonyl (C=O) groups is 1. The summed E-state index contributed by atoms with van der Waals surface area (Å²) in [7, 11) is 0. The minimum Gasteiger partial charge on any atom is -0.294 e. The highest BCUT2D eigenvalue weighted by molar-refractivity contribution is 14.1. The SMILES string of the molecule is CC(=O)c1cc(C(F)F)c(C#N)cc1I. The lowest BCUT2D eigenvalue weighted by Gasteiger charge is -2.06. The van der Waals surface area contributed by atoms with Gasteiger partial charge in [0.1, 0.15) is 0 Å². The van der Waals surface area contributed by atoms with Gasteiger partial charge >= 0.3 is 0 Å². The predicted octanol–water partition coefficient (Wildman–Crippen LogP) is 3.30. The van der Waals surface area contributed by atoms with Crippen LogP contribution in [0.2, 0.25) is 0 Å². The molecule has 0 heterocycles. The van der Waals surface area contributed by atoms with E-state index in [0.717, 1.165) is 6.07 Å². The molecule has 0 saturated carbocycles. The van der Waals surface area contributed by atoms with Crippen LogP contribution in [0.25, 0.3) is 0 Å². The molecule has 0 aliphatic carbocycles. The zero-order valence-corrected chi connectivity index (χ0v) is 9.88. The van der Waals surface area contributed by atoms with E-state index in [4.69, 9.17) is 5.26 Å². The van der Waals surface area contributed by atoms with Crippen molar-refractivity contribution in [1.29, 1.82) is 5.26 Å². The molecule has 1 aromatic carbocycles. The Kier molecular flexibility index (Phi) is 3.74. The van der Waals surface area contributed by atoms with Crippen molar-refractivity contribution in [2.45, 2.75) is 13.3 Å². The summed E-state index contributed by atoms with van der Waals surface area (Å²) in [6.45, 7) is 1.30. The molecule has 0 aliphatic rings. The first-order chi connectivity index (χ1) is 6.97. The molecule has 1 aromatic rings. The summed E-state index contributed by atoms with van der Waals surface area (Å²) in [5.74, 6) is -0.286. The fraction of sp³-hybridized carbons (Fsp3) is 0.200. The van der Waals surface area contributed by atoms with Crippen molar-refractivity contribution < 1.29 is 13.6 Å². The van der Waals surface area contributed by atoms with Gasteiger partial charge < -0.3 is 0 Å². The number of nitriles is 1. The van der Waals surface area contributed by atoms with E-state index in [1.165, 1.54) is 13.0 Å². The Morgan fingerprint density at radius 2 is 2.13 bits per heavy atom. The molecule has 0 unspecified atom stereocenters. The fourth-order valence-electron chi connectivity index (χ4n) is 1.14. The predicted molar refractivity (Wildman–Crippen MR) is 58.8 cm³/mol. The van der Waals surface area contributed by atoms with Crippen LogP contribution < -0.4 is 0 Å². The highest BCUT2D eigenvalue weighted by Gasteiger charge is 2.17. The number of benzene rings is 1. The number of hydrogen-bond donors (Lipinski definition) is 0. The number of hydrogen-bond acceptors (Lipinski definition) is 2. The van der Waals surface area contributed by atoms with Crippen molar-refractivity contribution in [3.63, 3.8) is 0 Å². The summed E-state index contributed by atoms with van der Waals surface area (Å²) in [6, 6.07) is 4.08. The summed E-state index contributed by atoms with van der Waals surface area (Å²) in [6.07, 6.45) is -2.74. The van der Waals surface area contributed by atoms with Crippen molar-refractivity contribution in [2.75, 3.05) is 0 Å². The maximum Gasteiger partial charge on any atom is 0.265 e. The van der Waals surface area contributed by atoms with Crippen LogP contribution in [0.15, 0.2) is 12.1 Å². The smallest absolute Gasteiger partial charge is 0.265 e. The minimum absolute atomic E-state index is 0.0839. The van der Waals surface area contributed by atoms with Crippen LogP contribution in [-0.2, 0) is 0 Å². The molecule has 78 valence electrons. The van der Waals surface area contributed by atoms with Gasteiger partial charge in [0.05, 0.1) is 11.6 Å². The lowest BCUT2D eigenvalue weighted by molar-refractivity contribution is 0.101. The summed E-state index contributed by atoms with van der Waals surface area (Å²) in [5, 5.41) is 8.65. The third-order valence-corrected chi connectivity index (χ3v) is 2.77. The largest absolute Gasteiger partial charge is 0.294 e.